The predicted octanol–water partition coefficient (Wildman–Crippen LogP) is 0.567. The topological polar surface area (TPSA) is 85.3 Å². The third kappa shape index (κ3) is 3.63. The maximum absolute atomic E-state index is 9.10. The summed E-state index contributed by atoms with van der Waals surface area (Å²) in [7, 11) is 0. The molecule has 20 heavy (non-hydrogen) atoms. The summed E-state index contributed by atoms with van der Waals surface area (Å²) >= 11 is 0. The standard InChI is InChI=1S/C14H20N4O2/c1-11-2-3-13(14-9-15-17-16-14)12(8-11)10-18(4-6-19)5-7-20/h2-3,8-9,19-20H,4-7,10H2,1H3,(H,15,16,17). The fourth-order valence-electron chi connectivity index (χ4n) is 2.23. The molecule has 0 aliphatic heterocycles. The average Bonchev–Trinajstić information content (AvgIpc) is 2.93. The second kappa shape index (κ2) is 7.14. The molecule has 0 saturated carbocycles. The summed E-state index contributed by atoms with van der Waals surface area (Å²) in [5.41, 5.74) is 4.10. The van der Waals surface area contributed by atoms with Gasteiger partial charge in [0.15, 0.2) is 0 Å². The summed E-state index contributed by atoms with van der Waals surface area (Å²) in [6.07, 6.45) is 1.69. The Hall–Kier alpha value is -1.76. The van der Waals surface area contributed by atoms with Crippen molar-refractivity contribution in [2.45, 2.75) is 13.5 Å². The molecule has 0 spiro atoms. The molecule has 0 radical (unpaired) electrons. The maximum atomic E-state index is 9.10. The molecule has 0 aliphatic carbocycles. The number of aliphatic hydroxyl groups is 2. The molecule has 0 bridgehead atoms. The maximum Gasteiger partial charge on any atom is 0.113 e. The Kier molecular flexibility index (Phi) is 5.23. The lowest BCUT2D eigenvalue weighted by molar-refractivity contribution is 0.156. The second-order valence-electron chi connectivity index (χ2n) is 4.74. The fraction of sp³-hybridized carbons (Fsp3) is 0.429. The van der Waals surface area contributed by atoms with E-state index >= 15 is 0 Å². The zero-order valence-electron chi connectivity index (χ0n) is 11.6. The van der Waals surface area contributed by atoms with Gasteiger partial charge in [-0.1, -0.05) is 23.8 Å². The first-order chi connectivity index (χ1) is 9.74. The van der Waals surface area contributed by atoms with E-state index in [2.05, 4.69) is 21.5 Å². The van der Waals surface area contributed by atoms with Crippen molar-refractivity contribution in [3.8, 4) is 11.3 Å². The minimum absolute atomic E-state index is 0.0745. The van der Waals surface area contributed by atoms with E-state index in [1.54, 1.807) is 6.20 Å². The lowest BCUT2D eigenvalue weighted by Gasteiger charge is -2.21. The summed E-state index contributed by atoms with van der Waals surface area (Å²) in [5.74, 6) is 0. The zero-order chi connectivity index (χ0) is 14.4. The van der Waals surface area contributed by atoms with E-state index in [1.165, 1.54) is 5.56 Å². The smallest absolute Gasteiger partial charge is 0.113 e. The fourth-order valence-corrected chi connectivity index (χ4v) is 2.23. The molecule has 6 nitrogen and oxygen atoms in total. The summed E-state index contributed by atoms with van der Waals surface area (Å²) in [5, 5.41) is 28.8. The van der Waals surface area contributed by atoms with Crippen LogP contribution in [0.2, 0.25) is 0 Å². The highest BCUT2D eigenvalue weighted by molar-refractivity contribution is 5.63. The van der Waals surface area contributed by atoms with Crippen molar-refractivity contribution in [1.82, 2.24) is 20.3 Å². The van der Waals surface area contributed by atoms with E-state index in [0.717, 1.165) is 16.8 Å². The van der Waals surface area contributed by atoms with Gasteiger partial charge in [0.2, 0.25) is 0 Å². The number of nitrogens with one attached hydrogen (secondary N) is 1. The average molecular weight is 276 g/mol. The van der Waals surface area contributed by atoms with E-state index in [4.69, 9.17) is 10.2 Å². The number of nitrogens with zero attached hydrogens (tertiary/aromatic N) is 3. The minimum Gasteiger partial charge on any atom is -0.395 e. The molecule has 1 heterocycles. The van der Waals surface area contributed by atoms with Gasteiger partial charge in [0, 0.05) is 25.2 Å². The molecule has 108 valence electrons. The van der Waals surface area contributed by atoms with Gasteiger partial charge in [-0.3, -0.25) is 4.90 Å². The summed E-state index contributed by atoms with van der Waals surface area (Å²) in [4.78, 5) is 2.01. The van der Waals surface area contributed by atoms with Gasteiger partial charge < -0.3 is 10.2 Å². The Balaban J connectivity index is 2.27. The molecule has 0 unspecified atom stereocenters. The summed E-state index contributed by atoms with van der Waals surface area (Å²) in [6, 6.07) is 6.17. The Morgan fingerprint density at radius 2 is 1.95 bits per heavy atom. The molecule has 0 aliphatic rings. The monoisotopic (exact) mass is 276 g/mol. The number of hydrogen-bond acceptors (Lipinski definition) is 5. The largest absolute Gasteiger partial charge is 0.395 e. The molecule has 0 atom stereocenters. The molecule has 0 amide bonds. The van der Waals surface area contributed by atoms with Crippen LogP contribution in [-0.4, -0.2) is 56.8 Å². The first-order valence-electron chi connectivity index (χ1n) is 6.64. The van der Waals surface area contributed by atoms with Crippen LogP contribution in [0.5, 0.6) is 0 Å². The predicted molar refractivity (Wildman–Crippen MR) is 76.0 cm³/mol. The number of aliphatic hydroxyl groups excluding tert-OH is 2. The highest BCUT2D eigenvalue weighted by atomic mass is 16.3. The molecule has 2 rings (SSSR count). The van der Waals surface area contributed by atoms with Gasteiger partial charge in [-0.05, 0) is 12.5 Å². The molecule has 0 saturated heterocycles. The van der Waals surface area contributed by atoms with E-state index in [1.807, 2.05) is 24.0 Å². The van der Waals surface area contributed by atoms with Crippen molar-refractivity contribution in [2.24, 2.45) is 0 Å². The Labute approximate surface area is 118 Å². The molecule has 0 fully saturated rings. The normalized spacial score (nSPS) is 11.2. The van der Waals surface area contributed by atoms with Crippen LogP contribution >= 0.6 is 0 Å². The van der Waals surface area contributed by atoms with E-state index < -0.39 is 0 Å². The van der Waals surface area contributed by atoms with Crippen LogP contribution in [0.1, 0.15) is 11.1 Å². The van der Waals surface area contributed by atoms with Crippen molar-refractivity contribution in [3.05, 3.63) is 35.5 Å². The van der Waals surface area contributed by atoms with Gasteiger partial charge in [-0.25, -0.2) is 0 Å². The van der Waals surface area contributed by atoms with E-state index in [-0.39, 0.29) is 13.2 Å². The molecule has 6 heteroatoms. The van der Waals surface area contributed by atoms with Crippen LogP contribution in [0, 0.1) is 6.92 Å². The van der Waals surface area contributed by atoms with Gasteiger partial charge >= 0.3 is 0 Å². The molecular formula is C14H20N4O2. The van der Waals surface area contributed by atoms with E-state index in [0.29, 0.717) is 19.6 Å². The summed E-state index contributed by atoms with van der Waals surface area (Å²) < 4.78 is 0. The van der Waals surface area contributed by atoms with Gasteiger partial charge in [-0.2, -0.15) is 15.4 Å². The number of aromatic nitrogens is 3. The minimum atomic E-state index is 0.0745. The van der Waals surface area contributed by atoms with Crippen LogP contribution in [-0.2, 0) is 6.54 Å². The van der Waals surface area contributed by atoms with Gasteiger partial charge in [-0.15, -0.1) is 0 Å². The first kappa shape index (κ1) is 14.6. The number of aryl methyl sites for hydroxylation is 1. The SMILES string of the molecule is Cc1ccc(-c2cn[nH]n2)c(CN(CCO)CCO)c1. The van der Waals surface area contributed by atoms with E-state index in [9.17, 15) is 0 Å². The second-order valence-corrected chi connectivity index (χ2v) is 4.74. The van der Waals surface area contributed by atoms with Crippen molar-refractivity contribution in [2.75, 3.05) is 26.3 Å². The highest BCUT2D eigenvalue weighted by Gasteiger charge is 2.12. The Bertz CT molecular complexity index is 522. The quantitative estimate of drug-likeness (QED) is 0.688. The lowest BCUT2D eigenvalue weighted by Crippen LogP contribution is -2.29. The molecule has 1 aromatic carbocycles. The van der Waals surface area contributed by atoms with Crippen molar-refractivity contribution >= 4 is 0 Å². The lowest BCUT2D eigenvalue weighted by atomic mass is 10.0. The number of rotatable bonds is 7. The molecule has 2 aromatic rings. The zero-order valence-corrected chi connectivity index (χ0v) is 11.6. The van der Waals surface area contributed by atoms with Crippen LogP contribution in [0.15, 0.2) is 24.4 Å². The molecule has 1 aromatic heterocycles. The van der Waals surface area contributed by atoms with Crippen molar-refractivity contribution in [3.63, 3.8) is 0 Å². The molecular weight excluding hydrogens is 256 g/mol. The number of aromatic amines is 1. The van der Waals surface area contributed by atoms with Crippen LogP contribution in [0.25, 0.3) is 11.3 Å². The first-order valence-corrected chi connectivity index (χ1v) is 6.64. The Morgan fingerprint density at radius 1 is 1.20 bits per heavy atom. The van der Waals surface area contributed by atoms with Gasteiger partial charge in [0.25, 0.3) is 0 Å². The summed E-state index contributed by atoms with van der Waals surface area (Å²) in [6.45, 7) is 3.92. The number of benzene rings is 1. The van der Waals surface area contributed by atoms with Crippen LogP contribution < -0.4 is 0 Å². The van der Waals surface area contributed by atoms with Crippen LogP contribution in [0.4, 0.5) is 0 Å². The van der Waals surface area contributed by atoms with Crippen molar-refractivity contribution < 1.29 is 10.2 Å². The highest BCUT2D eigenvalue weighted by Crippen LogP contribution is 2.23. The number of hydrogen-bond donors (Lipinski definition) is 3. The number of H-pyrrole nitrogens is 1. The van der Waals surface area contributed by atoms with Crippen molar-refractivity contribution in [1.29, 1.82) is 0 Å². The van der Waals surface area contributed by atoms with Gasteiger partial charge in [0.1, 0.15) is 5.69 Å². The van der Waals surface area contributed by atoms with Gasteiger partial charge in [0.05, 0.1) is 19.4 Å². The Morgan fingerprint density at radius 3 is 2.55 bits per heavy atom. The third-order valence-electron chi connectivity index (χ3n) is 3.18. The molecule has 3 N–H and O–H groups in total. The van der Waals surface area contributed by atoms with Crippen LogP contribution in [0.3, 0.4) is 0 Å². The third-order valence-corrected chi connectivity index (χ3v) is 3.18.